The van der Waals surface area contributed by atoms with Crippen molar-refractivity contribution in [3.05, 3.63) is 24.2 Å². The van der Waals surface area contributed by atoms with Crippen LogP contribution in [-0.2, 0) is 26.0 Å². The van der Waals surface area contributed by atoms with E-state index in [0.717, 1.165) is 0 Å². The molecular formula is C9H11NO6S. The van der Waals surface area contributed by atoms with E-state index in [1.165, 1.54) is 6.26 Å². The lowest BCUT2D eigenvalue weighted by molar-refractivity contribution is -0.134. The molecule has 17 heavy (non-hydrogen) atoms. The highest BCUT2D eigenvalue weighted by Crippen LogP contribution is 1.98. The average Bonchev–Trinajstić information content (AvgIpc) is 2.63. The average molecular weight is 261 g/mol. The fourth-order valence-electron chi connectivity index (χ4n) is 1.09. The van der Waals surface area contributed by atoms with Gasteiger partial charge in [-0.1, -0.05) is 0 Å². The number of hydrogen-bond donors (Lipinski definition) is 2. The summed E-state index contributed by atoms with van der Waals surface area (Å²) in [6.07, 6.45) is 1.42. The summed E-state index contributed by atoms with van der Waals surface area (Å²) < 4.78 is 27.2. The van der Waals surface area contributed by atoms with Crippen molar-refractivity contribution < 1.29 is 27.5 Å². The Labute approximate surface area is 97.3 Å². The van der Waals surface area contributed by atoms with Crippen LogP contribution in [0.3, 0.4) is 0 Å². The molecule has 1 aromatic heterocycles. The molecular weight excluding hydrogens is 250 g/mol. The van der Waals surface area contributed by atoms with Crippen LogP contribution in [0.5, 0.6) is 0 Å². The standard InChI is InChI=1S/C9H11NO6S/c11-8(5-17(14,15)6-9(12)13)10-4-7-2-1-3-16-7/h1-3H,4-6H2,(H,10,11)(H,12,13). The van der Waals surface area contributed by atoms with Crippen molar-refractivity contribution in [1.29, 1.82) is 0 Å². The van der Waals surface area contributed by atoms with Crippen LogP contribution >= 0.6 is 0 Å². The number of carbonyl (C=O) groups is 2. The quantitative estimate of drug-likeness (QED) is 0.706. The van der Waals surface area contributed by atoms with E-state index in [9.17, 15) is 18.0 Å². The lowest BCUT2D eigenvalue weighted by Crippen LogP contribution is -2.32. The van der Waals surface area contributed by atoms with Crippen molar-refractivity contribution in [2.24, 2.45) is 0 Å². The van der Waals surface area contributed by atoms with Crippen LogP contribution < -0.4 is 5.32 Å². The number of aliphatic carboxylic acids is 1. The fraction of sp³-hybridized carbons (Fsp3) is 0.333. The first-order valence-electron chi connectivity index (χ1n) is 4.60. The smallest absolute Gasteiger partial charge is 0.318 e. The number of sulfone groups is 1. The van der Waals surface area contributed by atoms with Crippen LogP contribution in [0.25, 0.3) is 0 Å². The first kappa shape index (κ1) is 13.2. The maximum atomic E-state index is 11.2. The third-order valence-corrected chi connectivity index (χ3v) is 3.12. The second kappa shape index (κ2) is 5.48. The molecule has 94 valence electrons. The number of carboxylic acid groups (broad SMARTS) is 1. The normalized spacial score (nSPS) is 11.1. The van der Waals surface area contributed by atoms with Crippen LogP contribution in [0.2, 0.25) is 0 Å². The summed E-state index contributed by atoms with van der Waals surface area (Å²) in [4.78, 5) is 21.4. The van der Waals surface area contributed by atoms with E-state index in [-0.39, 0.29) is 6.54 Å². The van der Waals surface area contributed by atoms with Crippen molar-refractivity contribution in [2.75, 3.05) is 11.5 Å². The molecule has 1 heterocycles. The predicted octanol–water partition coefficient (Wildman–Crippen LogP) is -0.605. The third kappa shape index (κ3) is 5.16. The molecule has 0 saturated heterocycles. The van der Waals surface area contributed by atoms with Gasteiger partial charge in [-0.05, 0) is 12.1 Å². The van der Waals surface area contributed by atoms with Crippen molar-refractivity contribution in [3.63, 3.8) is 0 Å². The van der Waals surface area contributed by atoms with Crippen LogP contribution in [0.4, 0.5) is 0 Å². The molecule has 0 fully saturated rings. The third-order valence-electron chi connectivity index (χ3n) is 1.73. The Kier molecular flexibility index (Phi) is 4.27. The number of amides is 1. The minimum absolute atomic E-state index is 0.0639. The molecule has 0 unspecified atom stereocenters. The Balaban J connectivity index is 2.42. The van der Waals surface area contributed by atoms with E-state index in [1.807, 2.05) is 0 Å². The molecule has 1 aromatic rings. The van der Waals surface area contributed by atoms with E-state index >= 15 is 0 Å². The SMILES string of the molecule is O=C(O)CS(=O)(=O)CC(=O)NCc1ccco1. The highest BCUT2D eigenvalue weighted by Gasteiger charge is 2.20. The van der Waals surface area contributed by atoms with Crippen molar-refractivity contribution in [3.8, 4) is 0 Å². The van der Waals surface area contributed by atoms with Crippen LogP contribution in [0.1, 0.15) is 5.76 Å². The summed E-state index contributed by atoms with van der Waals surface area (Å²) >= 11 is 0. The maximum absolute atomic E-state index is 11.2. The Bertz CT molecular complexity index is 490. The van der Waals surface area contributed by atoms with Gasteiger partial charge in [0.1, 0.15) is 17.3 Å². The van der Waals surface area contributed by atoms with E-state index in [0.29, 0.717) is 5.76 Å². The van der Waals surface area contributed by atoms with Gasteiger partial charge in [-0.25, -0.2) is 8.42 Å². The Morgan fingerprint density at radius 2 is 2.06 bits per heavy atom. The molecule has 8 heteroatoms. The van der Waals surface area contributed by atoms with Gasteiger partial charge in [0.25, 0.3) is 0 Å². The van der Waals surface area contributed by atoms with Gasteiger partial charge in [0, 0.05) is 0 Å². The molecule has 0 saturated carbocycles. The Hall–Kier alpha value is -1.83. The lowest BCUT2D eigenvalue weighted by atomic mass is 10.4. The molecule has 7 nitrogen and oxygen atoms in total. The number of carboxylic acids is 1. The number of rotatable bonds is 6. The summed E-state index contributed by atoms with van der Waals surface area (Å²) in [5, 5.41) is 10.6. The lowest BCUT2D eigenvalue weighted by Gasteiger charge is -2.03. The summed E-state index contributed by atoms with van der Waals surface area (Å²) in [5.74, 6) is -3.67. The van der Waals surface area contributed by atoms with Gasteiger partial charge < -0.3 is 14.8 Å². The largest absolute Gasteiger partial charge is 0.480 e. The second-order valence-electron chi connectivity index (χ2n) is 3.28. The predicted molar refractivity (Wildman–Crippen MR) is 56.8 cm³/mol. The van der Waals surface area contributed by atoms with Crippen LogP contribution in [-0.4, -0.2) is 36.9 Å². The minimum atomic E-state index is -3.91. The summed E-state index contributed by atoms with van der Waals surface area (Å²) in [7, 11) is -3.91. The molecule has 0 aliphatic carbocycles. The van der Waals surface area contributed by atoms with E-state index in [4.69, 9.17) is 9.52 Å². The van der Waals surface area contributed by atoms with Crippen molar-refractivity contribution in [2.45, 2.75) is 6.54 Å². The monoisotopic (exact) mass is 261 g/mol. The molecule has 0 atom stereocenters. The van der Waals surface area contributed by atoms with Crippen LogP contribution in [0.15, 0.2) is 22.8 Å². The minimum Gasteiger partial charge on any atom is -0.480 e. The molecule has 0 radical (unpaired) electrons. The summed E-state index contributed by atoms with van der Waals surface area (Å²) in [6.45, 7) is 0.0639. The molecule has 2 N–H and O–H groups in total. The number of nitrogens with one attached hydrogen (secondary N) is 1. The first-order chi connectivity index (χ1) is 7.89. The maximum Gasteiger partial charge on any atom is 0.318 e. The van der Waals surface area contributed by atoms with Crippen molar-refractivity contribution in [1.82, 2.24) is 5.32 Å². The zero-order valence-electron chi connectivity index (χ0n) is 8.75. The van der Waals surface area contributed by atoms with Gasteiger partial charge in [-0.15, -0.1) is 0 Å². The Morgan fingerprint density at radius 1 is 1.35 bits per heavy atom. The van der Waals surface area contributed by atoms with Gasteiger partial charge in [0.2, 0.25) is 5.91 Å². The summed E-state index contributed by atoms with van der Waals surface area (Å²) in [6, 6.07) is 3.24. The zero-order chi connectivity index (χ0) is 12.9. The Morgan fingerprint density at radius 3 is 2.59 bits per heavy atom. The van der Waals surface area contributed by atoms with Crippen LogP contribution in [0, 0.1) is 0 Å². The summed E-state index contributed by atoms with van der Waals surface area (Å²) in [5.41, 5.74) is 0. The van der Waals surface area contributed by atoms with E-state index < -0.39 is 33.2 Å². The van der Waals surface area contributed by atoms with E-state index in [2.05, 4.69) is 5.32 Å². The molecule has 0 aromatic carbocycles. The van der Waals surface area contributed by atoms with Gasteiger partial charge in [0.15, 0.2) is 9.84 Å². The first-order valence-corrected chi connectivity index (χ1v) is 6.42. The molecule has 0 spiro atoms. The topological polar surface area (TPSA) is 114 Å². The number of hydrogen-bond acceptors (Lipinski definition) is 5. The van der Waals surface area contributed by atoms with E-state index in [1.54, 1.807) is 12.1 Å². The number of carbonyl (C=O) groups excluding carboxylic acids is 1. The zero-order valence-corrected chi connectivity index (χ0v) is 9.57. The van der Waals surface area contributed by atoms with Gasteiger partial charge >= 0.3 is 5.97 Å². The molecule has 0 aliphatic rings. The highest BCUT2D eigenvalue weighted by atomic mass is 32.2. The number of furan rings is 1. The fourth-order valence-corrected chi connectivity index (χ4v) is 2.07. The highest BCUT2D eigenvalue weighted by molar-refractivity contribution is 7.92. The van der Waals surface area contributed by atoms with Gasteiger partial charge in [-0.2, -0.15) is 0 Å². The van der Waals surface area contributed by atoms with Crippen molar-refractivity contribution >= 4 is 21.7 Å². The molecule has 1 amide bonds. The van der Waals surface area contributed by atoms with Gasteiger partial charge in [-0.3, -0.25) is 9.59 Å². The molecule has 0 bridgehead atoms. The molecule has 0 aliphatic heterocycles. The second-order valence-corrected chi connectivity index (χ2v) is 5.35. The molecule has 1 rings (SSSR count). The van der Waals surface area contributed by atoms with Gasteiger partial charge in [0.05, 0.1) is 12.8 Å².